The topological polar surface area (TPSA) is 66.3 Å². The molecule has 6 heteroatoms. The summed E-state index contributed by atoms with van der Waals surface area (Å²) in [5.74, 6) is 1.21. The summed E-state index contributed by atoms with van der Waals surface area (Å²) in [5, 5.41) is 4.70. The highest BCUT2D eigenvalue weighted by Crippen LogP contribution is 2.29. The number of thiocarbonyl (C=S) groups is 1. The van der Waals surface area contributed by atoms with Crippen LogP contribution in [0.25, 0.3) is 11.0 Å². The molecule has 5 nitrogen and oxygen atoms in total. The van der Waals surface area contributed by atoms with E-state index in [0.717, 1.165) is 17.4 Å². The number of nitrogens with one attached hydrogen (secondary N) is 3. The number of carbonyl (C=O) groups excluding carboxylic acids is 1. The average molecular weight is 359 g/mol. The summed E-state index contributed by atoms with van der Waals surface area (Å²) in [6.07, 6.45) is 3.57. The van der Waals surface area contributed by atoms with Crippen molar-refractivity contribution in [3.8, 4) is 0 Å². The molecule has 0 bridgehead atoms. The summed E-state index contributed by atoms with van der Waals surface area (Å²) in [6, 6.07) is 7.95. The minimum atomic E-state index is -0.331. The van der Waals surface area contributed by atoms with Crippen molar-refractivity contribution in [2.45, 2.75) is 46.1 Å². The third kappa shape index (κ3) is 3.79. The van der Waals surface area contributed by atoms with Crippen molar-refractivity contribution in [1.29, 1.82) is 0 Å². The van der Waals surface area contributed by atoms with Gasteiger partial charge in [-0.2, -0.15) is 0 Å². The van der Waals surface area contributed by atoms with Crippen LogP contribution in [0.1, 0.15) is 49.2 Å². The number of rotatable bonds is 2. The largest absolute Gasteiger partial charge is 0.451 e. The first kappa shape index (κ1) is 17.7. The summed E-state index contributed by atoms with van der Waals surface area (Å²) < 4.78 is 5.66. The van der Waals surface area contributed by atoms with Gasteiger partial charge >= 0.3 is 5.91 Å². The van der Waals surface area contributed by atoms with E-state index >= 15 is 0 Å². The molecule has 0 spiro atoms. The van der Waals surface area contributed by atoms with Gasteiger partial charge in [0.05, 0.1) is 0 Å². The predicted molar refractivity (Wildman–Crippen MR) is 103 cm³/mol. The SMILES string of the molecule is Cc1c(C(=O)NNC(=S)N[C@@H]2CCC[C@@H](C)[C@@H]2C)oc2ccccc12. The first-order valence-corrected chi connectivity index (χ1v) is 9.23. The Morgan fingerprint density at radius 2 is 1.96 bits per heavy atom. The summed E-state index contributed by atoms with van der Waals surface area (Å²) in [5.41, 5.74) is 6.95. The smallest absolute Gasteiger partial charge is 0.305 e. The van der Waals surface area contributed by atoms with Gasteiger partial charge in [0.25, 0.3) is 0 Å². The van der Waals surface area contributed by atoms with Gasteiger partial charge in [0, 0.05) is 17.0 Å². The van der Waals surface area contributed by atoms with Crippen molar-refractivity contribution in [3.05, 3.63) is 35.6 Å². The van der Waals surface area contributed by atoms with E-state index in [1.807, 2.05) is 31.2 Å². The molecule has 0 aliphatic heterocycles. The van der Waals surface area contributed by atoms with E-state index in [1.54, 1.807) is 0 Å². The first-order chi connectivity index (χ1) is 12.0. The lowest BCUT2D eigenvalue weighted by molar-refractivity contribution is 0.0916. The summed E-state index contributed by atoms with van der Waals surface area (Å²) in [7, 11) is 0. The second kappa shape index (κ2) is 7.44. The lowest BCUT2D eigenvalue weighted by Gasteiger charge is -2.35. The predicted octanol–water partition coefficient (Wildman–Crippen LogP) is 3.67. The zero-order chi connectivity index (χ0) is 18.0. The lowest BCUT2D eigenvalue weighted by Crippen LogP contribution is -2.52. The molecule has 1 aliphatic carbocycles. The van der Waals surface area contributed by atoms with E-state index < -0.39 is 0 Å². The van der Waals surface area contributed by atoms with Gasteiger partial charge in [-0.3, -0.25) is 15.6 Å². The van der Waals surface area contributed by atoms with Crippen molar-refractivity contribution in [2.75, 3.05) is 0 Å². The Morgan fingerprint density at radius 1 is 1.20 bits per heavy atom. The zero-order valence-corrected chi connectivity index (χ0v) is 15.7. The number of carbonyl (C=O) groups is 1. The standard InChI is InChI=1S/C19H25N3O2S/c1-11-7-6-9-15(12(11)2)20-19(25)22-21-18(23)17-13(3)14-8-4-5-10-16(14)24-17/h4-5,8,10-12,15H,6-7,9H2,1-3H3,(H,21,23)(H2,20,22,25)/t11-,12+,15-/m1/s1. The fourth-order valence-corrected chi connectivity index (χ4v) is 3.75. The monoisotopic (exact) mass is 359 g/mol. The second-order valence-corrected chi connectivity index (χ2v) is 7.39. The third-order valence-electron chi connectivity index (χ3n) is 5.36. The maximum atomic E-state index is 12.4. The summed E-state index contributed by atoms with van der Waals surface area (Å²) in [4.78, 5) is 12.4. The van der Waals surface area contributed by atoms with Gasteiger partial charge in [-0.1, -0.05) is 44.9 Å². The number of hydrogen-bond acceptors (Lipinski definition) is 3. The van der Waals surface area contributed by atoms with E-state index in [1.165, 1.54) is 12.8 Å². The Morgan fingerprint density at radius 3 is 2.72 bits per heavy atom. The van der Waals surface area contributed by atoms with Crippen LogP contribution in [0.3, 0.4) is 0 Å². The highest BCUT2D eigenvalue weighted by atomic mass is 32.1. The molecule has 1 aliphatic rings. The zero-order valence-electron chi connectivity index (χ0n) is 14.9. The van der Waals surface area contributed by atoms with Gasteiger partial charge in [-0.15, -0.1) is 0 Å². The number of benzene rings is 1. The van der Waals surface area contributed by atoms with E-state index in [9.17, 15) is 4.79 Å². The number of furan rings is 1. The summed E-state index contributed by atoms with van der Waals surface area (Å²) in [6.45, 7) is 6.41. The molecule has 3 N–H and O–H groups in total. The van der Waals surface area contributed by atoms with Crippen LogP contribution < -0.4 is 16.2 Å². The third-order valence-corrected chi connectivity index (χ3v) is 5.58. The molecule has 1 fully saturated rings. The molecular weight excluding hydrogens is 334 g/mol. The van der Waals surface area contributed by atoms with E-state index in [4.69, 9.17) is 16.6 Å². The fraction of sp³-hybridized carbons (Fsp3) is 0.474. The van der Waals surface area contributed by atoms with Crippen molar-refractivity contribution in [3.63, 3.8) is 0 Å². The molecule has 2 aromatic rings. The van der Waals surface area contributed by atoms with Crippen molar-refractivity contribution in [2.24, 2.45) is 11.8 Å². The van der Waals surface area contributed by atoms with Crippen LogP contribution in [-0.4, -0.2) is 17.1 Å². The minimum Gasteiger partial charge on any atom is -0.451 e. The fourth-order valence-electron chi connectivity index (χ4n) is 3.55. The summed E-state index contributed by atoms with van der Waals surface area (Å²) >= 11 is 5.32. The van der Waals surface area contributed by atoms with Crippen molar-refractivity contribution < 1.29 is 9.21 Å². The molecule has 3 rings (SSSR count). The molecule has 134 valence electrons. The maximum absolute atomic E-state index is 12.4. The molecule has 1 aromatic carbocycles. The van der Waals surface area contributed by atoms with Gasteiger partial charge in [0.2, 0.25) is 0 Å². The Balaban J connectivity index is 1.58. The average Bonchev–Trinajstić information content (AvgIpc) is 2.94. The quantitative estimate of drug-likeness (QED) is 0.564. The minimum absolute atomic E-state index is 0.302. The lowest BCUT2D eigenvalue weighted by atomic mass is 9.78. The Hall–Kier alpha value is -2.08. The maximum Gasteiger partial charge on any atom is 0.305 e. The van der Waals surface area contributed by atoms with Crippen molar-refractivity contribution >= 4 is 34.2 Å². The van der Waals surface area contributed by atoms with Crippen LogP contribution in [0.2, 0.25) is 0 Å². The molecule has 0 saturated heterocycles. The number of hydrazine groups is 1. The number of amides is 1. The number of hydrogen-bond donors (Lipinski definition) is 3. The van der Waals surface area contributed by atoms with Crippen LogP contribution in [0, 0.1) is 18.8 Å². The van der Waals surface area contributed by atoms with Gasteiger partial charge in [-0.05, 0) is 43.5 Å². The molecule has 25 heavy (non-hydrogen) atoms. The molecule has 1 aromatic heterocycles. The van der Waals surface area contributed by atoms with Gasteiger partial charge in [0.1, 0.15) is 5.58 Å². The molecule has 3 atom stereocenters. The molecule has 1 amide bonds. The highest BCUT2D eigenvalue weighted by molar-refractivity contribution is 7.80. The van der Waals surface area contributed by atoms with Crippen molar-refractivity contribution in [1.82, 2.24) is 16.2 Å². The van der Waals surface area contributed by atoms with Gasteiger partial charge in [-0.25, -0.2) is 0 Å². The van der Waals surface area contributed by atoms with Gasteiger partial charge in [0.15, 0.2) is 10.9 Å². The first-order valence-electron chi connectivity index (χ1n) is 8.82. The molecule has 1 heterocycles. The van der Waals surface area contributed by atoms with E-state index in [-0.39, 0.29) is 5.91 Å². The highest BCUT2D eigenvalue weighted by Gasteiger charge is 2.27. The molecular formula is C19H25N3O2S. The van der Waals surface area contributed by atoms with Crippen LogP contribution in [0.4, 0.5) is 0 Å². The number of para-hydroxylation sites is 1. The molecule has 0 unspecified atom stereocenters. The number of aryl methyl sites for hydroxylation is 1. The van der Waals surface area contributed by atoms with Gasteiger partial charge < -0.3 is 9.73 Å². The van der Waals surface area contributed by atoms with E-state index in [2.05, 4.69) is 30.0 Å². The molecule has 0 radical (unpaired) electrons. The van der Waals surface area contributed by atoms with Crippen LogP contribution in [-0.2, 0) is 0 Å². The molecule has 1 saturated carbocycles. The Kier molecular flexibility index (Phi) is 5.27. The van der Waals surface area contributed by atoms with E-state index in [0.29, 0.717) is 34.3 Å². The van der Waals surface area contributed by atoms with Crippen LogP contribution in [0.15, 0.2) is 28.7 Å². The normalized spacial score (nSPS) is 23.2. The van der Waals surface area contributed by atoms with Crippen LogP contribution >= 0.6 is 12.2 Å². The van der Waals surface area contributed by atoms with Crippen LogP contribution in [0.5, 0.6) is 0 Å². The second-order valence-electron chi connectivity index (χ2n) is 6.98. The number of fused-ring (bicyclic) bond motifs is 1. The Bertz CT molecular complexity index is 786. The Labute approximate surface area is 153 Å².